The largest absolute Gasteiger partial charge is 0.339 e. The number of amides is 1. The Kier molecular flexibility index (Phi) is 4.17. The molecule has 0 unspecified atom stereocenters. The summed E-state index contributed by atoms with van der Waals surface area (Å²) in [5, 5.41) is 3.32. The summed E-state index contributed by atoms with van der Waals surface area (Å²) < 4.78 is 24.9. The van der Waals surface area contributed by atoms with E-state index in [1.54, 1.807) is 11.1 Å². The third-order valence-electron chi connectivity index (χ3n) is 3.80. The number of piperidine rings is 1. The molecule has 1 aromatic heterocycles. The van der Waals surface area contributed by atoms with E-state index in [1.807, 2.05) is 17.8 Å². The highest BCUT2D eigenvalue weighted by molar-refractivity contribution is 7.92. The van der Waals surface area contributed by atoms with E-state index in [4.69, 9.17) is 0 Å². The summed E-state index contributed by atoms with van der Waals surface area (Å²) in [5.41, 5.74) is 1.08. The highest BCUT2D eigenvalue weighted by Gasteiger charge is 2.32. The van der Waals surface area contributed by atoms with Crippen LogP contribution in [0.4, 0.5) is 0 Å². The maximum Gasteiger partial charge on any atom is 0.240 e. The molecule has 1 saturated heterocycles. The van der Waals surface area contributed by atoms with Gasteiger partial charge in [0.05, 0.1) is 12.2 Å². The van der Waals surface area contributed by atoms with Gasteiger partial charge in [0.2, 0.25) is 5.91 Å². The van der Waals surface area contributed by atoms with Crippen LogP contribution >= 0.6 is 0 Å². The molecule has 1 aliphatic heterocycles. The Morgan fingerprint density at radius 2 is 2.20 bits per heavy atom. The van der Waals surface area contributed by atoms with Gasteiger partial charge < -0.3 is 4.90 Å². The Morgan fingerprint density at radius 3 is 2.75 bits per heavy atom. The zero-order valence-electron chi connectivity index (χ0n) is 12.1. The topological polar surface area (TPSA) is 72.3 Å². The molecule has 0 saturated carbocycles. The van der Waals surface area contributed by atoms with Gasteiger partial charge in [0.15, 0.2) is 9.84 Å². The second-order valence-corrected chi connectivity index (χ2v) is 7.92. The molecule has 1 amide bonds. The standard InChI is InChI=1S/C13H21N3O3S/c1-10-7-14-16(8-10)12-5-4-6-15(9-12)13(17)11(2)20(3,18)19/h7-8,11-12H,4-6,9H2,1-3H3/t11-,12+/m0/s1. The first-order valence-electron chi connectivity index (χ1n) is 6.77. The number of likely N-dealkylation sites (tertiary alicyclic amines) is 1. The molecule has 2 rings (SSSR count). The first-order valence-corrected chi connectivity index (χ1v) is 8.73. The van der Waals surface area contributed by atoms with Crippen LogP contribution in [0, 0.1) is 6.92 Å². The molecular formula is C13H21N3O3S. The molecular weight excluding hydrogens is 278 g/mol. The lowest BCUT2D eigenvalue weighted by molar-refractivity contribution is -0.132. The average molecular weight is 299 g/mol. The SMILES string of the molecule is Cc1cnn([C@@H]2CCCN(C(=O)[C@H](C)S(C)(=O)=O)C2)c1. The Bertz CT molecular complexity index is 594. The van der Waals surface area contributed by atoms with Gasteiger partial charge in [-0.2, -0.15) is 5.10 Å². The van der Waals surface area contributed by atoms with E-state index >= 15 is 0 Å². The van der Waals surface area contributed by atoms with Crippen molar-refractivity contribution in [2.45, 2.75) is 38.0 Å². The molecule has 20 heavy (non-hydrogen) atoms. The van der Waals surface area contributed by atoms with E-state index in [9.17, 15) is 13.2 Å². The van der Waals surface area contributed by atoms with Crippen molar-refractivity contribution in [2.75, 3.05) is 19.3 Å². The highest BCUT2D eigenvalue weighted by atomic mass is 32.2. The molecule has 2 heterocycles. The first kappa shape index (κ1) is 15.0. The van der Waals surface area contributed by atoms with Gasteiger partial charge in [-0.05, 0) is 32.3 Å². The molecule has 0 aliphatic carbocycles. The van der Waals surface area contributed by atoms with Crippen molar-refractivity contribution in [3.63, 3.8) is 0 Å². The maximum absolute atomic E-state index is 12.2. The van der Waals surface area contributed by atoms with Crippen LogP contribution in [0.1, 0.15) is 31.4 Å². The van der Waals surface area contributed by atoms with Gasteiger partial charge in [0.25, 0.3) is 0 Å². The molecule has 1 aromatic rings. The summed E-state index contributed by atoms with van der Waals surface area (Å²) in [7, 11) is -3.34. The Labute approximate surface area is 119 Å². The van der Waals surface area contributed by atoms with Crippen LogP contribution < -0.4 is 0 Å². The Morgan fingerprint density at radius 1 is 1.50 bits per heavy atom. The van der Waals surface area contributed by atoms with Crippen molar-refractivity contribution in [3.8, 4) is 0 Å². The molecule has 2 atom stereocenters. The predicted octanol–water partition coefficient (Wildman–Crippen LogP) is 0.788. The molecule has 6 nitrogen and oxygen atoms in total. The van der Waals surface area contributed by atoms with E-state index < -0.39 is 15.1 Å². The van der Waals surface area contributed by atoms with Gasteiger partial charge in [-0.1, -0.05) is 0 Å². The number of carbonyl (C=O) groups excluding carboxylic acids is 1. The van der Waals surface area contributed by atoms with Crippen molar-refractivity contribution < 1.29 is 13.2 Å². The molecule has 0 spiro atoms. The summed E-state index contributed by atoms with van der Waals surface area (Å²) in [5.74, 6) is -0.305. The van der Waals surface area contributed by atoms with E-state index in [-0.39, 0.29) is 11.9 Å². The van der Waals surface area contributed by atoms with Crippen LogP contribution in [0.15, 0.2) is 12.4 Å². The van der Waals surface area contributed by atoms with Crippen molar-refractivity contribution >= 4 is 15.7 Å². The minimum atomic E-state index is -3.34. The van der Waals surface area contributed by atoms with Crippen LogP contribution in [-0.2, 0) is 14.6 Å². The second-order valence-electron chi connectivity index (χ2n) is 5.55. The molecule has 1 fully saturated rings. The average Bonchev–Trinajstić information content (AvgIpc) is 2.83. The Balaban J connectivity index is 2.09. The lowest BCUT2D eigenvalue weighted by Crippen LogP contribution is -2.46. The number of aromatic nitrogens is 2. The quantitative estimate of drug-likeness (QED) is 0.827. The number of sulfone groups is 1. The van der Waals surface area contributed by atoms with Crippen LogP contribution in [0.5, 0.6) is 0 Å². The third kappa shape index (κ3) is 3.20. The van der Waals surface area contributed by atoms with Crippen LogP contribution in [0.25, 0.3) is 0 Å². The predicted molar refractivity (Wildman–Crippen MR) is 76.1 cm³/mol. The highest BCUT2D eigenvalue weighted by Crippen LogP contribution is 2.22. The van der Waals surface area contributed by atoms with Gasteiger partial charge >= 0.3 is 0 Å². The van der Waals surface area contributed by atoms with Gasteiger partial charge in [0.1, 0.15) is 5.25 Å². The number of aryl methyl sites for hydroxylation is 1. The van der Waals surface area contributed by atoms with Crippen molar-refractivity contribution in [2.24, 2.45) is 0 Å². The molecule has 0 radical (unpaired) electrons. The summed E-state index contributed by atoms with van der Waals surface area (Å²) >= 11 is 0. The summed E-state index contributed by atoms with van der Waals surface area (Å²) in [4.78, 5) is 13.9. The summed E-state index contributed by atoms with van der Waals surface area (Å²) in [6.07, 6.45) is 6.68. The fourth-order valence-corrected chi connectivity index (χ4v) is 2.96. The Hall–Kier alpha value is -1.37. The van der Waals surface area contributed by atoms with Gasteiger partial charge in [-0.15, -0.1) is 0 Å². The number of hydrogen-bond acceptors (Lipinski definition) is 4. The number of rotatable bonds is 3. The molecule has 0 bridgehead atoms. The monoisotopic (exact) mass is 299 g/mol. The number of carbonyl (C=O) groups is 1. The maximum atomic E-state index is 12.2. The third-order valence-corrected chi connectivity index (χ3v) is 5.29. The van der Waals surface area contributed by atoms with E-state index in [1.165, 1.54) is 6.92 Å². The minimum Gasteiger partial charge on any atom is -0.339 e. The number of hydrogen-bond donors (Lipinski definition) is 0. The zero-order valence-corrected chi connectivity index (χ0v) is 12.9. The van der Waals surface area contributed by atoms with Crippen LogP contribution in [0.2, 0.25) is 0 Å². The number of nitrogens with zero attached hydrogens (tertiary/aromatic N) is 3. The van der Waals surface area contributed by atoms with E-state index in [0.717, 1.165) is 24.7 Å². The van der Waals surface area contributed by atoms with Crippen LogP contribution in [0.3, 0.4) is 0 Å². The molecule has 1 aliphatic rings. The van der Waals surface area contributed by atoms with E-state index in [0.29, 0.717) is 13.1 Å². The molecule has 112 valence electrons. The lowest BCUT2D eigenvalue weighted by atomic mass is 10.1. The fourth-order valence-electron chi connectivity index (χ4n) is 2.44. The van der Waals surface area contributed by atoms with Crippen molar-refractivity contribution in [1.82, 2.24) is 14.7 Å². The zero-order chi connectivity index (χ0) is 14.9. The summed E-state index contributed by atoms with van der Waals surface area (Å²) in [6, 6.07) is 0.133. The normalized spacial score (nSPS) is 21.8. The molecule has 0 N–H and O–H groups in total. The molecule has 0 aromatic carbocycles. The molecule has 7 heteroatoms. The smallest absolute Gasteiger partial charge is 0.240 e. The minimum absolute atomic E-state index is 0.133. The first-order chi connectivity index (χ1) is 9.29. The van der Waals surface area contributed by atoms with Gasteiger partial charge in [0, 0.05) is 25.5 Å². The fraction of sp³-hybridized carbons (Fsp3) is 0.692. The van der Waals surface area contributed by atoms with Gasteiger partial charge in [-0.3, -0.25) is 9.48 Å². The second kappa shape index (κ2) is 5.55. The van der Waals surface area contributed by atoms with Crippen molar-refractivity contribution in [3.05, 3.63) is 18.0 Å². The lowest BCUT2D eigenvalue weighted by Gasteiger charge is -2.34. The van der Waals surface area contributed by atoms with Gasteiger partial charge in [-0.25, -0.2) is 8.42 Å². The van der Waals surface area contributed by atoms with Crippen molar-refractivity contribution in [1.29, 1.82) is 0 Å². The summed E-state index contributed by atoms with van der Waals surface area (Å²) in [6.45, 7) is 4.58. The van der Waals surface area contributed by atoms with Crippen LogP contribution in [-0.4, -0.2) is 53.6 Å². The van der Waals surface area contributed by atoms with E-state index in [2.05, 4.69) is 5.10 Å².